The van der Waals surface area contributed by atoms with E-state index in [0.717, 1.165) is 27.0 Å². The molecule has 2 aromatic rings. The Morgan fingerprint density at radius 1 is 1.32 bits per heavy atom. The first-order valence-corrected chi connectivity index (χ1v) is 7.62. The first-order valence-electron chi connectivity index (χ1n) is 6.83. The fourth-order valence-corrected chi connectivity index (χ4v) is 3.98. The molecule has 2 atom stereocenters. The normalized spacial score (nSPS) is 25.4. The lowest BCUT2D eigenvalue weighted by Crippen LogP contribution is -2.32. The van der Waals surface area contributed by atoms with E-state index in [9.17, 15) is 0 Å². The van der Waals surface area contributed by atoms with E-state index in [4.69, 9.17) is 5.73 Å². The van der Waals surface area contributed by atoms with Crippen molar-refractivity contribution in [2.24, 2.45) is 5.92 Å². The summed E-state index contributed by atoms with van der Waals surface area (Å²) >= 11 is 3.48. The van der Waals surface area contributed by atoms with Gasteiger partial charge in [-0.1, -0.05) is 0 Å². The molecule has 0 spiro atoms. The molecule has 2 bridgehead atoms. The number of rotatable bonds is 1. The quantitative estimate of drug-likeness (QED) is 0.818. The van der Waals surface area contributed by atoms with Crippen molar-refractivity contribution in [2.45, 2.75) is 25.3 Å². The van der Waals surface area contributed by atoms with Gasteiger partial charge in [0.05, 0.1) is 11.2 Å². The number of pyridine rings is 1. The fraction of sp³-hybridized carbons (Fsp3) is 0.400. The molecule has 1 saturated carbocycles. The Balaban J connectivity index is 1.88. The standard InChI is InChI=1S/C15H16BrN3/c16-10-6-12-13(17)3-4-14(15(12)18-7-10)19-8-9-1-2-11(19)5-9/h3-4,6-7,9,11H,1-2,5,8,17H2. The summed E-state index contributed by atoms with van der Waals surface area (Å²) in [5.74, 6) is 0.882. The lowest BCUT2D eigenvalue weighted by atomic mass is 10.1. The second-order valence-corrected chi connectivity index (χ2v) is 6.62. The third-order valence-corrected chi connectivity index (χ3v) is 4.98. The molecule has 1 aliphatic heterocycles. The average Bonchev–Trinajstić information content (AvgIpc) is 3.02. The lowest BCUT2D eigenvalue weighted by Gasteiger charge is -2.30. The number of fused-ring (bicyclic) bond motifs is 3. The molecule has 2 aliphatic rings. The first kappa shape index (κ1) is 11.5. The smallest absolute Gasteiger partial charge is 0.0956 e. The van der Waals surface area contributed by atoms with Crippen LogP contribution in [0.5, 0.6) is 0 Å². The van der Waals surface area contributed by atoms with Crippen LogP contribution < -0.4 is 10.6 Å². The van der Waals surface area contributed by atoms with Gasteiger partial charge in [0, 0.05) is 34.3 Å². The highest BCUT2D eigenvalue weighted by molar-refractivity contribution is 9.10. The largest absolute Gasteiger partial charge is 0.398 e. The number of benzene rings is 1. The molecule has 19 heavy (non-hydrogen) atoms. The van der Waals surface area contributed by atoms with E-state index in [-0.39, 0.29) is 0 Å². The maximum Gasteiger partial charge on any atom is 0.0956 e. The van der Waals surface area contributed by atoms with Crippen LogP contribution in [0.1, 0.15) is 19.3 Å². The van der Waals surface area contributed by atoms with E-state index in [1.165, 1.54) is 31.5 Å². The molecule has 2 unspecified atom stereocenters. The Morgan fingerprint density at radius 2 is 2.21 bits per heavy atom. The summed E-state index contributed by atoms with van der Waals surface area (Å²) in [6.45, 7) is 1.18. The molecule has 2 fully saturated rings. The predicted molar refractivity (Wildman–Crippen MR) is 82.3 cm³/mol. The van der Waals surface area contributed by atoms with Crippen LogP contribution >= 0.6 is 15.9 Å². The van der Waals surface area contributed by atoms with Gasteiger partial charge in [-0.25, -0.2) is 0 Å². The molecule has 0 amide bonds. The molecule has 1 aromatic carbocycles. The minimum absolute atomic E-state index is 0.710. The minimum Gasteiger partial charge on any atom is -0.398 e. The van der Waals surface area contributed by atoms with Crippen LogP contribution in [-0.4, -0.2) is 17.6 Å². The Kier molecular flexibility index (Phi) is 2.49. The second-order valence-electron chi connectivity index (χ2n) is 5.71. The molecule has 2 N–H and O–H groups in total. The van der Waals surface area contributed by atoms with Crippen LogP contribution in [0.15, 0.2) is 28.9 Å². The van der Waals surface area contributed by atoms with Crippen LogP contribution in [-0.2, 0) is 0 Å². The second kappa shape index (κ2) is 4.10. The summed E-state index contributed by atoms with van der Waals surface area (Å²) in [4.78, 5) is 7.14. The van der Waals surface area contributed by atoms with Gasteiger partial charge in [-0.15, -0.1) is 0 Å². The van der Waals surface area contributed by atoms with Gasteiger partial charge in [-0.2, -0.15) is 0 Å². The Hall–Kier alpha value is -1.29. The summed E-state index contributed by atoms with van der Waals surface area (Å²) in [6.07, 6.45) is 5.93. The molecule has 4 rings (SSSR count). The average molecular weight is 318 g/mol. The molecule has 2 heterocycles. The van der Waals surface area contributed by atoms with Gasteiger partial charge in [-0.3, -0.25) is 4.98 Å². The van der Waals surface area contributed by atoms with E-state index >= 15 is 0 Å². The van der Waals surface area contributed by atoms with E-state index in [2.05, 4.69) is 37.9 Å². The van der Waals surface area contributed by atoms with Crippen molar-refractivity contribution in [1.82, 2.24) is 4.98 Å². The van der Waals surface area contributed by atoms with Crippen molar-refractivity contribution in [3.63, 3.8) is 0 Å². The van der Waals surface area contributed by atoms with E-state index < -0.39 is 0 Å². The van der Waals surface area contributed by atoms with Gasteiger partial charge in [0.2, 0.25) is 0 Å². The third-order valence-electron chi connectivity index (χ3n) is 4.55. The third kappa shape index (κ3) is 1.73. The topological polar surface area (TPSA) is 42.1 Å². The number of hydrogen-bond donors (Lipinski definition) is 1. The highest BCUT2D eigenvalue weighted by Crippen LogP contribution is 2.42. The van der Waals surface area contributed by atoms with Gasteiger partial charge in [0.25, 0.3) is 0 Å². The molecule has 1 aliphatic carbocycles. The van der Waals surface area contributed by atoms with E-state index in [1.807, 2.05) is 12.3 Å². The van der Waals surface area contributed by atoms with Crippen molar-refractivity contribution in [2.75, 3.05) is 17.2 Å². The monoisotopic (exact) mass is 317 g/mol. The maximum absolute atomic E-state index is 6.09. The minimum atomic E-state index is 0.710. The zero-order valence-electron chi connectivity index (χ0n) is 10.6. The van der Waals surface area contributed by atoms with Crippen LogP contribution in [0.3, 0.4) is 0 Å². The highest BCUT2D eigenvalue weighted by Gasteiger charge is 2.38. The van der Waals surface area contributed by atoms with Crippen molar-refractivity contribution < 1.29 is 0 Å². The van der Waals surface area contributed by atoms with E-state index in [0.29, 0.717) is 6.04 Å². The number of nitrogens with zero attached hydrogens (tertiary/aromatic N) is 2. The molecular weight excluding hydrogens is 302 g/mol. The lowest BCUT2D eigenvalue weighted by molar-refractivity contribution is 0.554. The number of anilines is 2. The van der Waals surface area contributed by atoms with Crippen molar-refractivity contribution >= 4 is 38.2 Å². The molecule has 3 nitrogen and oxygen atoms in total. The Bertz CT molecular complexity index is 655. The van der Waals surface area contributed by atoms with Crippen LogP contribution in [0.4, 0.5) is 11.4 Å². The van der Waals surface area contributed by atoms with Crippen molar-refractivity contribution in [3.8, 4) is 0 Å². The van der Waals surface area contributed by atoms with Gasteiger partial charge >= 0.3 is 0 Å². The number of hydrogen-bond acceptors (Lipinski definition) is 3. The zero-order chi connectivity index (χ0) is 13.0. The molecule has 0 radical (unpaired) electrons. The van der Waals surface area contributed by atoms with Crippen LogP contribution in [0, 0.1) is 5.92 Å². The molecule has 1 saturated heterocycles. The fourth-order valence-electron chi connectivity index (χ4n) is 3.65. The Morgan fingerprint density at radius 3 is 2.95 bits per heavy atom. The maximum atomic E-state index is 6.09. The molecular formula is C15H16BrN3. The highest BCUT2D eigenvalue weighted by atomic mass is 79.9. The molecule has 98 valence electrons. The summed E-state index contributed by atoms with van der Waals surface area (Å²) in [7, 11) is 0. The molecule has 1 aromatic heterocycles. The van der Waals surface area contributed by atoms with Gasteiger partial charge in [0.15, 0.2) is 0 Å². The van der Waals surface area contributed by atoms with Crippen LogP contribution in [0.25, 0.3) is 10.9 Å². The van der Waals surface area contributed by atoms with Crippen molar-refractivity contribution in [3.05, 3.63) is 28.9 Å². The summed E-state index contributed by atoms with van der Waals surface area (Å²) in [6, 6.07) is 6.93. The number of nitrogen functional groups attached to an aromatic ring is 1. The first-order chi connectivity index (χ1) is 9.22. The number of aromatic nitrogens is 1. The van der Waals surface area contributed by atoms with Crippen molar-refractivity contribution in [1.29, 1.82) is 0 Å². The van der Waals surface area contributed by atoms with Gasteiger partial charge in [-0.05, 0) is 59.3 Å². The van der Waals surface area contributed by atoms with Crippen LogP contribution in [0.2, 0.25) is 0 Å². The summed E-state index contributed by atoms with van der Waals surface area (Å²) in [5.41, 5.74) is 9.18. The Labute approximate surface area is 120 Å². The number of nitrogens with two attached hydrogens (primary N) is 1. The van der Waals surface area contributed by atoms with Gasteiger partial charge < -0.3 is 10.6 Å². The number of piperidine rings is 1. The van der Waals surface area contributed by atoms with Gasteiger partial charge in [0.1, 0.15) is 0 Å². The number of halogens is 1. The zero-order valence-corrected chi connectivity index (χ0v) is 12.2. The van der Waals surface area contributed by atoms with E-state index in [1.54, 1.807) is 0 Å². The summed E-state index contributed by atoms with van der Waals surface area (Å²) in [5, 5.41) is 1.05. The summed E-state index contributed by atoms with van der Waals surface area (Å²) < 4.78 is 0.979. The molecule has 4 heteroatoms. The predicted octanol–water partition coefficient (Wildman–Crippen LogP) is 3.57. The SMILES string of the molecule is Nc1ccc(N2CC3CCC2C3)c2ncc(Br)cc12.